The number of nitrogens with two attached hydrogens (primary N) is 1. The van der Waals surface area contributed by atoms with E-state index in [0.29, 0.717) is 0 Å². The molecule has 2 aromatic heterocycles. The number of nitrogens with zero attached hydrogens (tertiary/aromatic N) is 3. The molecule has 1 atom stereocenters. The van der Waals surface area contributed by atoms with Crippen LogP contribution in [0.3, 0.4) is 0 Å². The largest absolute Gasteiger partial charge is 0.370 e. The van der Waals surface area contributed by atoms with Crippen LogP contribution in [0, 0.1) is 13.8 Å². The minimum absolute atomic E-state index is 0.0413. The number of fused-ring (bicyclic) bond motifs is 1. The minimum atomic E-state index is -0.399. The Balaban J connectivity index is 1.71. The van der Waals surface area contributed by atoms with E-state index in [2.05, 4.69) is 10.1 Å². The molecular formula is C19H26N4O3S. The quantitative estimate of drug-likeness (QED) is 0.817. The molecule has 3 heterocycles. The molecule has 1 aliphatic rings. The van der Waals surface area contributed by atoms with E-state index in [1.165, 1.54) is 4.88 Å². The number of hydrogen-bond acceptors (Lipinski definition) is 6. The number of thiophene rings is 1. The van der Waals surface area contributed by atoms with E-state index in [1.54, 1.807) is 23.3 Å². The Bertz CT molecular complexity index is 838. The summed E-state index contributed by atoms with van der Waals surface area (Å²) < 4.78 is 5.26. The fourth-order valence-electron chi connectivity index (χ4n) is 3.47. The Hall–Kier alpha value is -2.19. The van der Waals surface area contributed by atoms with Crippen molar-refractivity contribution in [1.29, 1.82) is 0 Å². The summed E-state index contributed by atoms with van der Waals surface area (Å²) in [7, 11) is 1.73. The van der Waals surface area contributed by atoms with Gasteiger partial charge in [-0.2, -0.15) is 0 Å². The predicted molar refractivity (Wildman–Crippen MR) is 103 cm³/mol. The van der Waals surface area contributed by atoms with Crippen molar-refractivity contribution in [2.45, 2.75) is 52.7 Å². The lowest BCUT2D eigenvalue weighted by molar-refractivity contribution is -0.118. The average molecular weight is 391 g/mol. The Morgan fingerprint density at radius 2 is 2.19 bits per heavy atom. The van der Waals surface area contributed by atoms with Crippen molar-refractivity contribution in [3.05, 3.63) is 38.4 Å². The van der Waals surface area contributed by atoms with Gasteiger partial charge in [0.15, 0.2) is 0 Å². The molecule has 7 nitrogen and oxygen atoms in total. The molecule has 0 saturated carbocycles. The van der Waals surface area contributed by atoms with Crippen LogP contribution in [-0.4, -0.2) is 46.4 Å². The lowest BCUT2D eigenvalue weighted by atomic mass is 10.0. The van der Waals surface area contributed by atoms with E-state index >= 15 is 0 Å². The third kappa shape index (κ3) is 4.06. The van der Waals surface area contributed by atoms with Gasteiger partial charge in [0, 0.05) is 55.0 Å². The maximum Gasteiger partial charge on any atom is 0.254 e. The first kappa shape index (κ1) is 19.6. The molecule has 0 fully saturated rings. The van der Waals surface area contributed by atoms with E-state index in [4.69, 9.17) is 10.3 Å². The average Bonchev–Trinajstić information content (AvgIpc) is 3.17. The highest BCUT2D eigenvalue weighted by atomic mass is 32.1. The van der Waals surface area contributed by atoms with Crippen LogP contribution >= 0.6 is 11.3 Å². The van der Waals surface area contributed by atoms with Crippen molar-refractivity contribution in [2.75, 3.05) is 13.6 Å². The van der Waals surface area contributed by atoms with E-state index in [0.717, 1.165) is 54.2 Å². The molecule has 0 unspecified atom stereocenters. The number of carbonyl (C=O) groups is 2. The van der Waals surface area contributed by atoms with Gasteiger partial charge in [-0.3, -0.25) is 14.5 Å². The fraction of sp³-hybridized carbons (Fsp3) is 0.526. The van der Waals surface area contributed by atoms with Crippen molar-refractivity contribution in [2.24, 2.45) is 5.73 Å². The van der Waals surface area contributed by atoms with E-state index in [-0.39, 0.29) is 18.4 Å². The lowest BCUT2D eigenvalue weighted by Gasteiger charge is -2.28. The second-order valence-electron chi connectivity index (χ2n) is 7.25. The second kappa shape index (κ2) is 7.82. The minimum Gasteiger partial charge on any atom is -0.370 e. The fourth-order valence-corrected chi connectivity index (χ4v) is 4.58. The van der Waals surface area contributed by atoms with Gasteiger partial charge in [0.2, 0.25) is 5.91 Å². The molecule has 0 radical (unpaired) electrons. The van der Waals surface area contributed by atoms with Gasteiger partial charge in [0.25, 0.3) is 5.91 Å². The van der Waals surface area contributed by atoms with Gasteiger partial charge >= 0.3 is 0 Å². The van der Waals surface area contributed by atoms with Gasteiger partial charge < -0.3 is 15.2 Å². The third-order valence-corrected chi connectivity index (χ3v) is 6.31. The van der Waals surface area contributed by atoms with Crippen LogP contribution in [-0.2, 0) is 24.3 Å². The number of primary amides is 1. The Labute approximate surface area is 163 Å². The van der Waals surface area contributed by atoms with Gasteiger partial charge in [0.05, 0.1) is 11.3 Å². The molecule has 0 aromatic carbocycles. The van der Waals surface area contributed by atoms with Gasteiger partial charge in [-0.1, -0.05) is 5.16 Å². The number of amides is 2. The zero-order valence-corrected chi connectivity index (χ0v) is 17.1. The van der Waals surface area contributed by atoms with Crippen LogP contribution in [0.1, 0.15) is 51.2 Å². The van der Waals surface area contributed by atoms with Crippen molar-refractivity contribution in [3.8, 4) is 0 Å². The van der Waals surface area contributed by atoms with E-state index in [9.17, 15) is 9.59 Å². The standard InChI is InChI=1S/C19H26N4O3S/c1-11(7-18(20)24)22(4)19(25)16-10-27-17-9-23(6-5-14(16)17)8-15-12(2)21-26-13(15)3/h10-11H,5-9H2,1-4H3,(H2,20,24)/t11-/m0/s1. The van der Waals surface area contributed by atoms with Gasteiger partial charge in [0.1, 0.15) is 5.76 Å². The number of carbonyl (C=O) groups excluding carboxylic acids is 2. The summed E-state index contributed by atoms with van der Waals surface area (Å²) >= 11 is 1.63. The summed E-state index contributed by atoms with van der Waals surface area (Å²) in [5.74, 6) is 0.426. The van der Waals surface area contributed by atoms with E-state index in [1.807, 2.05) is 26.2 Å². The maximum absolute atomic E-state index is 12.9. The highest BCUT2D eigenvalue weighted by Gasteiger charge is 2.28. The third-order valence-electron chi connectivity index (χ3n) is 5.30. The molecule has 2 amide bonds. The lowest BCUT2D eigenvalue weighted by Crippen LogP contribution is -2.38. The number of aromatic nitrogens is 1. The van der Waals surface area contributed by atoms with Gasteiger partial charge in [-0.25, -0.2) is 0 Å². The van der Waals surface area contributed by atoms with E-state index < -0.39 is 5.91 Å². The summed E-state index contributed by atoms with van der Waals surface area (Å²) in [6.07, 6.45) is 1.00. The smallest absolute Gasteiger partial charge is 0.254 e. The van der Waals surface area contributed by atoms with Crippen LogP contribution in [0.25, 0.3) is 0 Å². The Kier molecular flexibility index (Phi) is 5.67. The van der Waals surface area contributed by atoms with Crippen LogP contribution in [0.2, 0.25) is 0 Å². The summed E-state index contributed by atoms with van der Waals surface area (Å²) in [4.78, 5) is 29.2. The number of hydrogen-bond donors (Lipinski definition) is 1. The second-order valence-corrected chi connectivity index (χ2v) is 8.21. The molecule has 2 N–H and O–H groups in total. The van der Waals surface area contributed by atoms with Gasteiger partial charge in [-0.05, 0) is 32.8 Å². The molecular weight excluding hydrogens is 364 g/mol. The van der Waals surface area contributed by atoms with Crippen molar-refractivity contribution in [1.82, 2.24) is 15.0 Å². The Morgan fingerprint density at radius 1 is 1.44 bits per heavy atom. The van der Waals surface area contributed by atoms with Crippen LogP contribution in [0.5, 0.6) is 0 Å². The first-order valence-corrected chi connectivity index (χ1v) is 9.94. The molecule has 8 heteroatoms. The molecule has 0 aliphatic carbocycles. The van der Waals surface area contributed by atoms with Crippen LogP contribution < -0.4 is 5.73 Å². The van der Waals surface area contributed by atoms with Crippen molar-refractivity contribution < 1.29 is 14.1 Å². The van der Waals surface area contributed by atoms with Crippen LogP contribution in [0.4, 0.5) is 0 Å². The highest BCUT2D eigenvalue weighted by Crippen LogP contribution is 2.31. The molecule has 0 saturated heterocycles. The number of aryl methyl sites for hydroxylation is 2. The predicted octanol–water partition coefficient (Wildman–Crippen LogP) is 2.25. The summed E-state index contributed by atoms with van der Waals surface area (Å²) in [5.41, 5.74) is 9.23. The summed E-state index contributed by atoms with van der Waals surface area (Å²) in [5, 5.41) is 5.97. The molecule has 3 rings (SSSR count). The highest BCUT2D eigenvalue weighted by molar-refractivity contribution is 7.10. The topological polar surface area (TPSA) is 92.7 Å². The molecule has 27 heavy (non-hydrogen) atoms. The molecule has 1 aliphatic heterocycles. The summed E-state index contributed by atoms with van der Waals surface area (Å²) in [6, 6.07) is -0.217. The number of rotatable bonds is 6. The first-order chi connectivity index (χ1) is 12.8. The Morgan fingerprint density at radius 3 is 2.81 bits per heavy atom. The SMILES string of the molecule is Cc1noc(C)c1CN1CCc2c(C(=O)N(C)[C@@H](C)CC(N)=O)csc2C1. The van der Waals surface area contributed by atoms with Crippen LogP contribution in [0.15, 0.2) is 9.90 Å². The maximum atomic E-state index is 12.9. The molecule has 0 spiro atoms. The first-order valence-electron chi connectivity index (χ1n) is 9.06. The molecule has 0 bridgehead atoms. The summed E-state index contributed by atoms with van der Waals surface area (Å²) in [6.45, 7) is 8.25. The zero-order valence-electron chi connectivity index (χ0n) is 16.2. The zero-order chi connectivity index (χ0) is 19.7. The molecule has 2 aromatic rings. The monoisotopic (exact) mass is 390 g/mol. The normalized spacial score (nSPS) is 15.4. The van der Waals surface area contributed by atoms with Crippen molar-refractivity contribution in [3.63, 3.8) is 0 Å². The molecule has 146 valence electrons. The van der Waals surface area contributed by atoms with Crippen molar-refractivity contribution >= 4 is 23.2 Å². The van der Waals surface area contributed by atoms with Gasteiger partial charge in [-0.15, -0.1) is 11.3 Å².